The Morgan fingerprint density at radius 1 is 1.22 bits per heavy atom. The smallest absolute Gasteiger partial charge is 0.126 e. The van der Waals surface area contributed by atoms with Crippen molar-refractivity contribution in [3.05, 3.63) is 36.8 Å². The predicted molar refractivity (Wildman–Crippen MR) is 40.1 cm³/mol. The standard InChI is InChI=1S/C8H8N/c1-7-3-5-8(9-2)6-4-7/h3-6H,1-2H2/q+1. The van der Waals surface area contributed by atoms with Crippen LogP contribution in [-0.4, -0.2) is 6.72 Å². The molecule has 0 heterocycles. The van der Waals surface area contributed by atoms with Crippen molar-refractivity contribution >= 4 is 12.4 Å². The maximum atomic E-state index is 3.73. The van der Waals surface area contributed by atoms with Crippen molar-refractivity contribution in [1.29, 1.82) is 0 Å². The number of benzene rings is 1. The summed E-state index contributed by atoms with van der Waals surface area (Å²) in [6, 6.07) is 7.58. The van der Waals surface area contributed by atoms with Crippen molar-refractivity contribution < 1.29 is 0 Å². The Labute approximate surface area is 55.1 Å². The molecule has 0 aliphatic rings. The number of nitrogens with zero attached hydrogens (tertiary/aromatic N) is 1. The maximum Gasteiger partial charge on any atom is 0.126 e. The molecule has 0 fully saturated rings. The molecule has 1 nitrogen and oxygen atoms in total. The molecule has 0 N–H and O–H groups in total. The third-order valence-electron chi connectivity index (χ3n) is 1.12. The molecular formula is C8H8N+. The van der Waals surface area contributed by atoms with Gasteiger partial charge in [-0.3, -0.25) is 4.99 Å². The summed E-state index contributed by atoms with van der Waals surface area (Å²) < 4.78 is 0. The Bertz CT molecular complexity index is 198. The van der Waals surface area contributed by atoms with Crippen molar-refractivity contribution in [3.8, 4) is 0 Å². The Morgan fingerprint density at radius 3 is 2.22 bits per heavy atom. The highest BCUT2D eigenvalue weighted by Crippen LogP contribution is 2.10. The molecule has 0 radical (unpaired) electrons. The molecule has 0 bridgehead atoms. The molecule has 44 valence electrons. The highest BCUT2D eigenvalue weighted by Gasteiger charge is 1.91. The van der Waals surface area contributed by atoms with E-state index >= 15 is 0 Å². The van der Waals surface area contributed by atoms with Crippen molar-refractivity contribution in [2.45, 2.75) is 0 Å². The van der Waals surface area contributed by atoms with Gasteiger partial charge < -0.3 is 0 Å². The minimum atomic E-state index is 0.891. The lowest BCUT2D eigenvalue weighted by Crippen LogP contribution is -1.66. The fourth-order valence-corrected chi connectivity index (χ4v) is 0.601. The second-order valence-corrected chi connectivity index (χ2v) is 1.82. The van der Waals surface area contributed by atoms with E-state index in [9.17, 15) is 0 Å². The summed E-state index contributed by atoms with van der Waals surface area (Å²) in [5.41, 5.74) is 1.89. The highest BCUT2D eigenvalue weighted by atomic mass is 14.7. The van der Waals surface area contributed by atoms with Crippen LogP contribution in [0.25, 0.3) is 0 Å². The summed E-state index contributed by atoms with van der Waals surface area (Å²) >= 11 is 0. The molecule has 0 unspecified atom stereocenters. The van der Waals surface area contributed by atoms with E-state index in [1.54, 1.807) is 0 Å². The van der Waals surface area contributed by atoms with Crippen LogP contribution in [0.3, 0.4) is 0 Å². The van der Waals surface area contributed by atoms with Crippen LogP contribution in [0.1, 0.15) is 5.56 Å². The van der Waals surface area contributed by atoms with Gasteiger partial charge in [0.15, 0.2) is 0 Å². The number of hydrogen-bond acceptors (Lipinski definition) is 1. The van der Waals surface area contributed by atoms with E-state index in [2.05, 4.69) is 18.6 Å². The second-order valence-electron chi connectivity index (χ2n) is 1.82. The second kappa shape index (κ2) is 2.35. The average Bonchev–Trinajstić information content (AvgIpc) is 1.90. The lowest BCUT2D eigenvalue weighted by molar-refractivity contribution is 1.52. The van der Waals surface area contributed by atoms with Gasteiger partial charge in [-0.15, -0.1) is 0 Å². The molecule has 1 heteroatoms. The van der Waals surface area contributed by atoms with E-state index in [1.807, 2.05) is 24.3 Å². The van der Waals surface area contributed by atoms with Crippen LogP contribution < -0.4 is 0 Å². The van der Waals surface area contributed by atoms with E-state index < -0.39 is 0 Å². The van der Waals surface area contributed by atoms with E-state index in [-0.39, 0.29) is 0 Å². The molecular weight excluding hydrogens is 110 g/mol. The van der Waals surface area contributed by atoms with Crippen molar-refractivity contribution in [2.75, 3.05) is 0 Å². The molecule has 0 aliphatic carbocycles. The van der Waals surface area contributed by atoms with E-state index in [1.165, 1.54) is 0 Å². The normalized spacial score (nSPS) is 8.89. The van der Waals surface area contributed by atoms with Crippen LogP contribution in [-0.2, 0) is 0 Å². The molecule has 0 amide bonds. The molecule has 0 saturated carbocycles. The Balaban J connectivity index is 3.01. The van der Waals surface area contributed by atoms with Gasteiger partial charge in [0.05, 0.1) is 5.69 Å². The van der Waals surface area contributed by atoms with Crippen molar-refractivity contribution in [1.82, 2.24) is 0 Å². The first-order valence-electron chi connectivity index (χ1n) is 2.71. The topological polar surface area (TPSA) is 12.4 Å². The monoisotopic (exact) mass is 118 g/mol. The fourth-order valence-electron chi connectivity index (χ4n) is 0.601. The van der Waals surface area contributed by atoms with E-state index in [4.69, 9.17) is 0 Å². The zero-order chi connectivity index (χ0) is 6.69. The Hall–Kier alpha value is -1.24. The first kappa shape index (κ1) is 5.89. The molecule has 0 atom stereocenters. The summed E-state index contributed by atoms with van der Waals surface area (Å²) in [6.07, 6.45) is 0. The zero-order valence-electron chi connectivity index (χ0n) is 5.17. The summed E-state index contributed by atoms with van der Waals surface area (Å²) in [4.78, 5) is 3.73. The number of rotatable bonds is 1. The van der Waals surface area contributed by atoms with Crippen molar-refractivity contribution in [2.24, 2.45) is 4.99 Å². The van der Waals surface area contributed by atoms with Crippen LogP contribution in [0.2, 0.25) is 0 Å². The molecule has 0 aromatic heterocycles. The van der Waals surface area contributed by atoms with E-state index in [0.29, 0.717) is 0 Å². The molecule has 0 saturated heterocycles. The van der Waals surface area contributed by atoms with Gasteiger partial charge in [-0.25, -0.2) is 0 Å². The molecule has 1 rings (SSSR count). The Kier molecular flexibility index (Phi) is 1.54. The van der Waals surface area contributed by atoms with Crippen LogP contribution in [0.4, 0.5) is 5.69 Å². The third-order valence-corrected chi connectivity index (χ3v) is 1.12. The largest absolute Gasteiger partial charge is 0.262 e. The SMILES string of the molecule is C=Nc1ccc([CH2+])cc1. The lowest BCUT2D eigenvalue weighted by Gasteiger charge is -1.84. The van der Waals surface area contributed by atoms with Gasteiger partial charge in [-0.1, -0.05) is 0 Å². The summed E-state index contributed by atoms with van der Waals surface area (Å²) in [6.45, 7) is 7.12. The minimum Gasteiger partial charge on any atom is -0.262 e. The van der Waals surface area contributed by atoms with Gasteiger partial charge in [-0.05, 0) is 6.72 Å². The van der Waals surface area contributed by atoms with Gasteiger partial charge in [0.1, 0.15) is 5.56 Å². The molecule has 9 heavy (non-hydrogen) atoms. The molecule has 0 spiro atoms. The molecule has 1 aromatic carbocycles. The Morgan fingerprint density at radius 2 is 1.78 bits per heavy atom. The van der Waals surface area contributed by atoms with Gasteiger partial charge in [0.2, 0.25) is 0 Å². The van der Waals surface area contributed by atoms with Gasteiger partial charge in [-0.2, -0.15) is 0 Å². The van der Waals surface area contributed by atoms with Crippen molar-refractivity contribution in [3.63, 3.8) is 0 Å². The van der Waals surface area contributed by atoms with Crippen LogP contribution in [0, 0.1) is 6.92 Å². The lowest BCUT2D eigenvalue weighted by atomic mass is 10.2. The van der Waals surface area contributed by atoms with Gasteiger partial charge >= 0.3 is 0 Å². The summed E-state index contributed by atoms with van der Waals surface area (Å²) in [7, 11) is 0. The zero-order valence-corrected chi connectivity index (χ0v) is 5.17. The quantitative estimate of drug-likeness (QED) is 0.396. The highest BCUT2D eigenvalue weighted by molar-refractivity contribution is 5.46. The third kappa shape index (κ3) is 1.32. The molecule has 1 aromatic rings. The molecule has 0 aliphatic heterocycles. The van der Waals surface area contributed by atoms with Gasteiger partial charge in [0, 0.05) is 31.2 Å². The summed E-state index contributed by atoms with van der Waals surface area (Å²) in [5.74, 6) is 0. The van der Waals surface area contributed by atoms with Gasteiger partial charge in [0.25, 0.3) is 0 Å². The van der Waals surface area contributed by atoms with Crippen LogP contribution >= 0.6 is 0 Å². The number of hydrogen-bond donors (Lipinski definition) is 0. The predicted octanol–water partition coefficient (Wildman–Crippen LogP) is 2.20. The first-order valence-corrected chi connectivity index (χ1v) is 2.71. The fraction of sp³-hybridized carbons (Fsp3) is 0. The first-order chi connectivity index (χ1) is 4.33. The summed E-state index contributed by atoms with van der Waals surface area (Å²) in [5, 5.41) is 0. The minimum absolute atomic E-state index is 0.891. The average molecular weight is 118 g/mol. The van der Waals surface area contributed by atoms with E-state index in [0.717, 1.165) is 11.3 Å². The van der Waals surface area contributed by atoms with Crippen LogP contribution in [0.5, 0.6) is 0 Å². The maximum absolute atomic E-state index is 3.73. The number of aliphatic imine (C=N–C) groups is 1. The van der Waals surface area contributed by atoms with Crippen LogP contribution in [0.15, 0.2) is 29.3 Å².